The van der Waals surface area contributed by atoms with E-state index in [1.54, 1.807) is 0 Å². The number of ether oxygens (including phenoxy) is 1. The molecule has 24 heavy (non-hydrogen) atoms. The van der Waals surface area contributed by atoms with Crippen LogP contribution < -0.4 is 10.2 Å². The molecule has 5 heteroatoms. The summed E-state index contributed by atoms with van der Waals surface area (Å²) in [4.78, 5) is 11.8. The molecule has 4 nitrogen and oxygen atoms in total. The molecule has 0 atom stereocenters. The van der Waals surface area contributed by atoms with Gasteiger partial charge in [0.05, 0.1) is 5.71 Å². The molecule has 2 aromatic carbocycles. The summed E-state index contributed by atoms with van der Waals surface area (Å²) in [6.45, 7) is 3.66. The largest absolute Gasteiger partial charge is 0.483 e. The lowest BCUT2D eigenvalue weighted by Crippen LogP contribution is -2.25. The molecule has 0 unspecified atom stereocenters. The minimum absolute atomic E-state index is 0.0817. The van der Waals surface area contributed by atoms with Crippen molar-refractivity contribution in [3.05, 3.63) is 70.2 Å². The van der Waals surface area contributed by atoms with Crippen LogP contribution in [0.5, 0.6) is 5.75 Å². The summed E-state index contributed by atoms with van der Waals surface area (Å²) < 4.78 is 6.47. The average Bonchev–Trinajstić information content (AvgIpc) is 2.58. The number of carbonyl (C=O) groups excluding carboxylic acids is 1. The van der Waals surface area contributed by atoms with Gasteiger partial charge in [-0.3, -0.25) is 4.79 Å². The van der Waals surface area contributed by atoms with Crippen LogP contribution in [0.1, 0.15) is 18.1 Å². The molecule has 1 amide bonds. The first-order chi connectivity index (χ1) is 11.5. The van der Waals surface area contributed by atoms with Crippen LogP contribution in [0.15, 0.2) is 64.2 Å². The van der Waals surface area contributed by atoms with Crippen molar-refractivity contribution < 1.29 is 9.53 Å². The molecule has 0 aliphatic heterocycles. The van der Waals surface area contributed by atoms with E-state index in [0.29, 0.717) is 11.5 Å². The van der Waals surface area contributed by atoms with Crippen LogP contribution in [0.2, 0.25) is 0 Å². The molecular weight excluding hydrogens is 368 g/mol. The van der Waals surface area contributed by atoms with Crippen molar-refractivity contribution in [2.75, 3.05) is 6.61 Å². The average molecular weight is 387 g/mol. The minimum Gasteiger partial charge on any atom is -0.483 e. The molecule has 0 saturated carbocycles. The Bertz CT molecular complexity index is 755. The highest BCUT2D eigenvalue weighted by atomic mass is 79.9. The van der Waals surface area contributed by atoms with Gasteiger partial charge in [0.25, 0.3) is 5.91 Å². The Balaban J connectivity index is 1.82. The standard InChI is InChI=1S/C19H19BrN2O2/c1-14-12-17(20)10-11-18(14)24-13-19(23)22-21-15(2)8-9-16-6-4-3-5-7-16/h3-12H,13H2,1-2H3,(H,22,23). The number of nitrogens with one attached hydrogen (secondary N) is 1. The Hall–Kier alpha value is -2.40. The number of benzene rings is 2. The number of rotatable bonds is 6. The summed E-state index contributed by atoms with van der Waals surface area (Å²) in [5, 5.41) is 4.03. The maximum absolute atomic E-state index is 11.8. The Kier molecular flexibility index (Phi) is 6.75. The van der Waals surface area contributed by atoms with Crippen molar-refractivity contribution in [3.8, 4) is 5.75 Å². The molecule has 0 aromatic heterocycles. The van der Waals surface area contributed by atoms with Gasteiger partial charge in [0.15, 0.2) is 6.61 Å². The van der Waals surface area contributed by atoms with Gasteiger partial charge in [0.2, 0.25) is 0 Å². The van der Waals surface area contributed by atoms with Gasteiger partial charge in [0.1, 0.15) is 5.75 Å². The predicted molar refractivity (Wildman–Crippen MR) is 101 cm³/mol. The van der Waals surface area contributed by atoms with Crippen LogP contribution in [0.4, 0.5) is 0 Å². The lowest BCUT2D eigenvalue weighted by Gasteiger charge is -2.08. The fourth-order valence-corrected chi connectivity index (χ4v) is 2.39. The lowest BCUT2D eigenvalue weighted by atomic mass is 10.2. The zero-order chi connectivity index (χ0) is 17.4. The molecule has 0 heterocycles. The Labute approximate surface area is 150 Å². The van der Waals surface area contributed by atoms with Crippen LogP contribution in [-0.4, -0.2) is 18.2 Å². The maximum Gasteiger partial charge on any atom is 0.277 e. The van der Waals surface area contributed by atoms with Crippen molar-refractivity contribution in [1.82, 2.24) is 5.43 Å². The molecule has 2 aromatic rings. The van der Waals surface area contributed by atoms with E-state index in [9.17, 15) is 4.79 Å². The summed E-state index contributed by atoms with van der Waals surface area (Å²) in [5.74, 6) is 0.378. The monoisotopic (exact) mass is 386 g/mol. The fourth-order valence-electron chi connectivity index (χ4n) is 1.92. The number of halogens is 1. The molecule has 0 bridgehead atoms. The van der Waals surface area contributed by atoms with Crippen molar-refractivity contribution >= 4 is 33.6 Å². The van der Waals surface area contributed by atoms with Crippen LogP contribution in [0.3, 0.4) is 0 Å². The number of hydrogen-bond acceptors (Lipinski definition) is 3. The number of carbonyl (C=O) groups is 1. The van der Waals surface area contributed by atoms with E-state index in [-0.39, 0.29) is 12.5 Å². The first kappa shape index (κ1) is 17.9. The third-order valence-corrected chi connectivity index (χ3v) is 3.66. The van der Waals surface area contributed by atoms with Crippen molar-refractivity contribution in [3.63, 3.8) is 0 Å². The molecule has 0 fully saturated rings. The number of allylic oxidation sites excluding steroid dienone is 1. The highest BCUT2D eigenvalue weighted by Crippen LogP contribution is 2.21. The molecule has 0 saturated heterocycles. The highest BCUT2D eigenvalue weighted by molar-refractivity contribution is 9.10. The number of hydrogen-bond donors (Lipinski definition) is 1. The molecule has 0 radical (unpaired) electrons. The molecule has 0 aliphatic carbocycles. The summed E-state index contributed by atoms with van der Waals surface area (Å²) in [5.41, 5.74) is 5.22. The first-order valence-corrected chi connectivity index (χ1v) is 8.29. The van der Waals surface area contributed by atoms with Gasteiger partial charge < -0.3 is 4.74 Å². The smallest absolute Gasteiger partial charge is 0.277 e. The summed E-state index contributed by atoms with van der Waals surface area (Å²) >= 11 is 3.39. The normalized spacial score (nSPS) is 11.5. The quantitative estimate of drug-likeness (QED) is 0.592. The van der Waals surface area contributed by atoms with Gasteiger partial charge in [-0.25, -0.2) is 5.43 Å². The molecule has 0 aliphatic rings. The molecule has 124 valence electrons. The topological polar surface area (TPSA) is 50.7 Å². The number of amides is 1. The van der Waals surface area contributed by atoms with Crippen LogP contribution in [0.25, 0.3) is 6.08 Å². The third-order valence-electron chi connectivity index (χ3n) is 3.17. The zero-order valence-electron chi connectivity index (χ0n) is 13.6. The van der Waals surface area contributed by atoms with E-state index in [4.69, 9.17) is 4.74 Å². The summed E-state index contributed by atoms with van der Waals surface area (Å²) in [6.07, 6.45) is 3.78. The van der Waals surface area contributed by atoms with E-state index in [2.05, 4.69) is 26.5 Å². The van der Waals surface area contributed by atoms with E-state index in [0.717, 1.165) is 15.6 Å². The number of nitrogens with zero attached hydrogens (tertiary/aromatic N) is 1. The van der Waals surface area contributed by atoms with Crippen molar-refractivity contribution in [1.29, 1.82) is 0 Å². The van der Waals surface area contributed by atoms with E-state index < -0.39 is 0 Å². The second-order valence-corrected chi connectivity index (χ2v) is 6.15. The molecule has 0 spiro atoms. The van der Waals surface area contributed by atoms with E-state index in [1.165, 1.54) is 0 Å². The van der Waals surface area contributed by atoms with E-state index >= 15 is 0 Å². The van der Waals surface area contributed by atoms with Crippen molar-refractivity contribution in [2.45, 2.75) is 13.8 Å². The van der Waals surface area contributed by atoms with Crippen molar-refractivity contribution in [2.24, 2.45) is 5.10 Å². The van der Waals surface area contributed by atoms with Gasteiger partial charge in [-0.2, -0.15) is 5.10 Å². The second-order valence-electron chi connectivity index (χ2n) is 5.23. The highest BCUT2D eigenvalue weighted by Gasteiger charge is 2.04. The Morgan fingerprint density at radius 2 is 2.00 bits per heavy atom. The first-order valence-electron chi connectivity index (χ1n) is 7.50. The summed E-state index contributed by atoms with van der Waals surface area (Å²) in [6, 6.07) is 15.5. The van der Waals surface area contributed by atoms with Gasteiger partial charge in [0, 0.05) is 4.47 Å². The third kappa shape index (κ3) is 6.01. The zero-order valence-corrected chi connectivity index (χ0v) is 15.2. The number of hydrazone groups is 1. The maximum atomic E-state index is 11.8. The van der Waals surface area contributed by atoms with Gasteiger partial charge >= 0.3 is 0 Å². The molecular formula is C19H19BrN2O2. The molecule has 1 N–H and O–H groups in total. The SMILES string of the molecule is CC(C=Cc1ccccc1)=NNC(=O)COc1ccc(Br)cc1C. The minimum atomic E-state index is -0.301. The van der Waals surface area contributed by atoms with Crippen LogP contribution in [-0.2, 0) is 4.79 Å². The Morgan fingerprint density at radius 3 is 2.71 bits per heavy atom. The number of aryl methyl sites for hydroxylation is 1. The lowest BCUT2D eigenvalue weighted by molar-refractivity contribution is -0.123. The molecule has 2 rings (SSSR count). The van der Waals surface area contributed by atoms with Gasteiger partial charge in [-0.15, -0.1) is 0 Å². The summed E-state index contributed by atoms with van der Waals surface area (Å²) in [7, 11) is 0. The van der Waals surface area contributed by atoms with Crippen LogP contribution >= 0.6 is 15.9 Å². The van der Waals surface area contributed by atoms with E-state index in [1.807, 2.05) is 74.5 Å². The fraction of sp³-hybridized carbons (Fsp3) is 0.158. The van der Waals surface area contributed by atoms with Gasteiger partial charge in [-0.1, -0.05) is 52.3 Å². The predicted octanol–water partition coefficient (Wildman–Crippen LogP) is 4.34. The van der Waals surface area contributed by atoms with Gasteiger partial charge in [-0.05, 0) is 49.2 Å². The second kappa shape index (κ2) is 9.03. The Morgan fingerprint density at radius 1 is 1.25 bits per heavy atom. The van der Waals surface area contributed by atoms with Crippen LogP contribution in [0, 0.1) is 6.92 Å².